The van der Waals surface area contributed by atoms with E-state index in [9.17, 15) is 14.4 Å². The molecule has 3 rings (SSSR count). The van der Waals surface area contributed by atoms with Crippen LogP contribution in [0.1, 0.15) is 36.7 Å². The summed E-state index contributed by atoms with van der Waals surface area (Å²) in [5.74, 6) is -1.15. The Bertz CT molecular complexity index is 1280. The maximum atomic E-state index is 13.1. The molecule has 1 amide bonds. The van der Waals surface area contributed by atoms with Gasteiger partial charge in [0.05, 0.1) is 0 Å². The predicted molar refractivity (Wildman–Crippen MR) is 135 cm³/mol. The van der Waals surface area contributed by atoms with E-state index in [0.717, 1.165) is 5.56 Å². The molecule has 0 bridgehead atoms. The number of H-pyrrole nitrogens is 1. The Labute approximate surface area is 207 Å². The van der Waals surface area contributed by atoms with Gasteiger partial charge in [0.25, 0.3) is 11.5 Å². The van der Waals surface area contributed by atoms with Crippen LogP contribution in [0.15, 0.2) is 47.3 Å². The number of hydrogen-bond donors (Lipinski definition) is 2. The molecule has 0 radical (unpaired) electrons. The zero-order valence-corrected chi connectivity index (χ0v) is 21.3. The van der Waals surface area contributed by atoms with E-state index in [2.05, 4.69) is 15.0 Å². The van der Waals surface area contributed by atoms with Gasteiger partial charge < -0.3 is 19.8 Å². The molecule has 8 nitrogen and oxygen atoms in total. The summed E-state index contributed by atoms with van der Waals surface area (Å²) in [5, 5.41) is 3.88. The van der Waals surface area contributed by atoms with Crippen molar-refractivity contribution < 1.29 is 19.1 Å². The molecule has 0 fully saturated rings. The molecule has 2 aromatic heterocycles. The number of nitrogens with one attached hydrogen (secondary N) is 2. The number of methoxy groups -OCH3 is 1. The molecule has 0 aliphatic rings. The van der Waals surface area contributed by atoms with Crippen LogP contribution < -0.4 is 10.9 Å². The van der Waals surface area contributed by atoms with Crippen LogP contribution in [0.5, 0.6) is 0 Å². The maximum Gasteiger partial charge on any atom is 0.326 e. The van der Waals surface area contributed by atoms with Crippen LogP contribution in [0, 0.1) is 4.64 Å². The molecule has 0 saturated heterocycles. The molecule has 2 heterocycles. The summed E-state index contributed by atoms with van der Waals surface area (Å²) >= 11 is 11.0. The molecule has 1 aromatic carbocycles. The van der Waals surface area contributed by atoms with Crippen molar-refractivity contribution in [2.45, 2.75) is 39.5 Å². The van der Waals surface area contributed by atoms with Crippen LogP contribution in [-0.2, 0) is 27.4 Å². The number of nitrogens with zero attached hydrogens (tertiary/aromatic N) is 1. The van der Waals surface area contributed by atoms with Crippen molar-refractivity contribution in [3.63, 3.8) is 0 Å². The fourth-order valence-electron chi connectivity index (χ4n) is 2.98. The van der Waals surface area contributed by atoms with Crippen LogP contribution in [0.3, 0.4) is 0 Å². The smallest absolute Gasteiger partial charge is 0.326 e. The van der Waals surface area contributed by atoms with Crippen molar-refractivity contribution in [1.29, 1.82) is 0 Å². The predicted octanol–water partition coefficient (Wildman–Crippen LogP) is 4.25. The van der Waals surface area contributed by atoms with Crippen LogP contribution >= 0.6 is 23.8 Å². The number of carbonyl (C=O) groups is 2. The minimum Gasteiger partial charge on any atom is -0.459 e. The average molecular weight is 506 g/mol. The lowest BCUT2D eigenvalue weighted by atomic mass is 10.1. The van der Waals surface area contributed by atoms with E-state index in [1.807, 2.05) is 0 Å². The molecular formula is C24H28ClN3O5S. The molecule has 10 heteroatoms. The number of ether oxygens (including phenoxy) is 2. The number of rotatable bonds is 5. The first-order chi connectivity index (χ1) is 15.9. The highest BCUT2D eigenvalue weighted by molar-refractivity contribution is 7.71. The molecule has 0 aliphatic heterocycles. The SMILES string of the molecule is CC(C)(C)OC(=O)Cn1c(=O)c(C(=O)NCc2ccc(Cl)cc2)cc2ccc(=S)[nH]c21.COC. The van der Waals surface area contributed by atoms with Crippen molar-refractivity contribution >= 4 is 46.7 Å². The Hall–Kier alpha value is -3.01. The zero-order chi connectivity index (χ0) is 25.5. The Balaban J connectivity index is 0.00000129. The highest BCUT2D eigenvalue weighted by atomic mass is 35.5. The zero-order valence-electron chi connectivity index (χ0n) is 19.7. The molecule has 3 aromatic rings. The molecule has 2 N–H and O–H groups in total. The van der Waals surface area contributed by atoms with Crippen molar-refractivity contribution in [2.75, 3.05) is 14.2 Å². The number of halogens is 1. The normalized spacial score (nSPS) is 10.9. The number of pyridine rings is 2. The van der Waals surface area contributed by atoms with Gasteiger partial charge in [-0.1, -0.05) is 36.0 Å². The summed E-state index contributed by atoms with van der Waals surface area (Å²) in [6.45, 7) is 5.07. The van der Waals surface area contributed by atoms with Crippen LogP contribution in [0.4, 0.5) is 0 Å². The summed E-state index contributed by atoms with van der Waals surface area (Å²) in [6, 6.07) is 11.8. The Kier molecular flexibility index (Phi) is 9.55. The average Bonchev–Trinajstić information content (AvgIpc) is 2.74. The van der Waals surface area contributed by atoms with E-state index >= 15 is 0 Å². The molecule has 0 saturated carbocycles. The Morgan fingerprint density at radius 2 is 1.74 bits per heavy atom. The molecule has 0 spiro atoms. The van der Waals surface area contributed by atoms with E-state index in [1.54, 1.807) is 71.4 Å². The molecule has 0 aliphatic carbocycles. The van der Waals surface area contributed by atoms with E-state index in [0.29, 0.717) is 20.7 Å². The van der Waals surface area contributed by atoms with E-state index in [1.165, 1.54) is 10.6 Å². The monoisotopic (exact) mass is 505 g/mol. The molecule has 0 atom stereocenters. The second-order valence-corrected chi connectivity index (χ2v) is 9.26. The van der Waals surface area contributed by atoms with Gasteiger partial charge >= 0.3 is 5.97 Å². The second-order valence-electron chi connectivity index (χ2n) is 8.38. The molecule has 0 unspecified atom stereocenters. The largest absolute Gasteiger partial charge is 0.459 e. The number of benzene rings is 1. The first kappa shape index (κ1) is 27.2. The van der Waals surface area contributed by atoms with Gasteiger partial charge in [0.15, 0.2) is 0 Å². The number of amides is 1. The third-order valence-electron chi connectivity index (χ3n) is 4.29. The number of fused-ring (bicyclic) bond motifs is 1. The topological polar surface area (TPSA) is 102 Å². The number of esters is 1. The van der Waals surface area contributed by atoms with E-state index in [-0.39, 0.29) is 18.7 Å². The van der Waals surface area contributed by atoms with Gasteiger partial charge in [-0.05, 0) is 56.7 Å². The Morgan fingerprint density at radius 1 is 1.12 bits per heavy atom. The third kappa shape index (κ3) is 7.79. The van der Waals surface area contributed by atoms with Crippen LogP contribution in [-0.4, -0.2) is 41.2 Å². The van der Waals surface area contributed by atoms with Gasteiger partial charge in [0, 0.05) is 31.2 Å². The van der Waals surface area contributed by atoms with E-state index < -0.39 is 23.0 Å². The van der Waals surface area contributed by atoms with Crippen molar-refractivity contribution in [3.05, 3.63) is 73.6 Å². The van der Waals surface area contributed by atoms with E-state index in [4.69, 9.17) is 28.6 Å². The summed E-state index contributed by atoms with van der Waals surface area (Å²) in [6.07, 6.45) is 0. The number of carbonyl (C=O) groups excluding carboxylic acids is 2. The van der Waals surface area contributed by atoms with Gasteiger partial charge in [-0.2, -0.15) is 0 Å². The van der Waals surface area contributed by atoms with Crippen molar-refractivity contribution in [2.24, 2.45) is 0 Å². The van der Waals surface area contributed by atoms with Crippen LogP contribution in [0.25, 0.3) is 11.0 Å². The minimum atomic E-state index is -0.711. The lowest BCUT2D eigenvalue weighted by molar-refractivity contribution is -0.155. The lowest BCUT2D eigenvalue weighted by Crippen LogP contribution is -2.36. The number of hydrogen-bond acceptors (Lipinski definition) is 6. The molecular weight excluding hydrogens is 478 g/mol. The lowest BCUT2D eigenvalue weighted by Gasteiger charge is -2.20. The highest BCUT2D eigenvalue weighted by Gasteiger charge is 2.21. The van der Waals surface area contributed by atoms with Crippen molar-refractivity contribution in [1.82, 2.24) is 14.9 Å². The molecule has 182 valence electrons. The van der Waals surface area contributed by atoms with Crippen LogP contribution in [0.2, 0.25) is 5.02 Å². The van der Waals surface area contributed by atoms with Gasteiger partial charge in [0.2, 0.25) is 0 Å². The highest BCUT2D eigenvalue weighted by Crippen LogP contribution is 2.14. The second kappa shape index (κ2) is 11.9. The van der Waals surface area contributed by atoms with Gasteiger partial charge in [-0.25, -0.2) is 0 Å². The van der Waals surface area contributed by atoms with Gasteiger partial charge in [0.1, 0.15) is 28.0 Å². The maximum absolute atomic E-state index is 13.1. The third-order valence-corrected chi connectivity index (χ3v) is 4.78. The van der Waals surface area contributed by atoms with Gasteiger partial charge in [-0.3, -0.25) is 19.0 Å². The molecule has 34 heavy (non-hydrogen) atoms. The quantitative estimate of drug-likeness (QED) is 0.397. The number of aromatic amines is 1. The minimum absolute atomic E-state index is 0.0875. The summed E-state index contributed by atoms with van der Waals surface area (Å²) < 4.78 is 11.2. The summed E-state index contributed by atoms with van der Waals surface area (Å²) in [5.41, 5.74) is -0.245. The Morgan fingerprint density at radius 3 is 2.32 bits per heavy atom. The summed E-state index contributed by atoms with van der Waals surface area (Å²) in [4.78, 5) is 41.2. The first-order valence-electron chi connectivity index (χ1n) is 10.4. The summed E-state index contributed by atoms with van der Waals surface area (Å²) in [7, 11) is 3.25. The van der Waals surface area contributed by atoms with Crippen molar-refractivity contribution in [3.8, 4) is 0 Å². The fourth-order valence-corrected chi connectivity index (χ4v) is 3.27. The standard InChI is InChI=1S/C22H22ClN3O4S.C2H6O/c1-22(2,3)30-18(27)12-26-19-14(6-9-17(31)25-19)10-16(21(26)29)20(28)24-11-13-4-7-15(23)8-5-13;1-3-2/h4-10H,11-12H2,1-3H3,(H,24,28)(H,25,31);1-2H3. The first-order valence-corrected chi connectivity index (χ1v) is 11.1. The fraction of sp³-hybridized carbons (Fsp3) is 0.333. The number of aromatic nitrogens is 2. The van der Waals surface area contributed by atoms with Gasteiger partial charge in [-0.15, -0.1) is 0 Å².